The molecule has 27 heavy (non-hydrogen) atoms. The molecule has 0 saturated carbocycles. The van der Waals surface area contributed by atoms with Crippen LogP contribution in [0.25, 0.3) is 0 Å². The van der Waals surface area contributed by atoms with Gasteiger partial charge in [-0.3, -0.25) is 4.79 Å². The minimum absolute atomic E-state index is 0.0249. The Kier molecular flexibility index (Phi) is 10.0. The smallest absolute Gasteiger partial charge is 0.334 e. The number of allylic oxidation sites excluding steroid dienone is 2. The number of carbonyl (C=O) groups excluding carboxylic acids is 2. The van der Waals surface area contributed by atoms with Crippen LogP contribution in [-0.2, 0) is 19.1 Å². The average Bonchev–Trinajstić information content (AvgIpc) is 2.55. The Morgan fingerprint density at radius 2 is 1.74 bits per heavy atom. The third-order valence-corrected chi connectivity index (χ3v) is 4.65. The predicted octanol–water partition coefficient (Wildman–Crippen LogP) is 4.44. The fourth-order valence-electron chi connectivity index (χ4n) is 3.20. The van der Waals surface area contributed by atoms with Gasteiger partial charge in [0.2, 0.25) is 0 Å². The zero-order valence-electron chi connectivity index (χ0n) is 18.3. The molecule has 0 radical (unpaired) electrons. The van der Waals surface area contributed by atoms with Gasteiger partial charge in [-0.05, 0) is 53.4 Å². The van der Waals surface area contributed by atoms with E-state index < -0.39 is 29.0 Å². The van der Waals surface area contributed by atoms with Crippen LogP contribution in [0.2, 0.25) is 0 Å². The summed E-state index contributed by atoms with van der Waals surface area (Å²) in [5, 5.41) is 10.7. The van der Waals surface area contributed by atoms with Crippen molar-refractivity contribution in [2.45, 2.75) is 79.4 Å². The molecule has 156 valence electrons. The van der Waals surface area contributed by atoms with Gasteiger partial charge in [0.05, 0.1) is 24.7 Å². The van der Waals surface area contributed by atoms with Crippen molar-refractivity contribution in [1.82, 2.24) is 0 Å². The van der Waals surface area contributed by atoms with Crippen molar-refractivity contribution in [3.05, 3.63) is 24.5 Å². The quantitative estimate of drug-likeness (QED) is 0.247. The molecule has 0 fully saturated rings. The van der Waals surface area contributed by atoms with Crippen molar-refractivity contribution in [3.8, 4) is 0 Å². The first-order valence-corrected chi connectivity index (χ1v) is 9.64. The van der Waals surface area contributed by atoms with Crippen molar-refractivity contribution >= 4 is 11.8 Å². The van der Waals surface area contributed by atoms with E-state index >= 15 is 0 Å². The van der Waals surface area contributed by atoms with Gasteiger partial charge in [-0.25, -0.2) is 4.79 Å². The van der Waals surface area contributed by atoms with Crippen LogP contribution in [0.5, 0.6) is 0 Å². The summed E-state index contributed by atoms with van der Waals surface area (Å²) in [6, 6.07) is 0. The molecule has 0 saturated heterocycles. The fraction of sp³-hybridized carbons (Fsp3) is 0.727. The van der Waals surface area contributed by atoms with Gasteiger partial charge in [-0.15, -0.1) is 6.58 Å². The number of Topliss-reactive ketones (excluding diaryl/α,β-unsaturated/α-hetero) is 1. The lowest BCUT2D eigenvalue weighted by molar-refractivity contribution is -0.148. The lowest BCUT2D eigenvalue weighted by Crippen LogP contribution is -2.40. The second-order valence-electron chi connectivity index (χ2n) is 8.59. The molecule has 0 rings (SSSR count). The maximum absolute atomic E-state index is 13.1. The largest absolute Gasteiger partial charge is 0.500 e. The molecule has 0 unspecified atom stereocenters. The van der Waals surface area contributed by atoms with Crippen molar-refractivity contribution < 1.29 is 24.2 Å². The number of rotatable bonds is 11. The summed E-state index contributed by atoms with van der Waals surface area (Å²) in [5.41, 5.74) is -1.71. The molecule has 3 atom stereocenters. The van der Waals surface area contributed by atoms with Crippen molar-refractivity contribution in [2.24, 2.45) is 17.3 Å². The fourth-order valence-corrected chi connectivity index (χ4v) is 3.20. The Labute approximate surface area is 164 Å². The molecule has 0 aliphatic rings. The Morgan fingerprint density at radius 3 is 2.15 bits per heavy atom. The van der Waals surface area contributed by atoms with Gasteiger partial charge in [0, 0.05) is 5.92 Å². The van der Waals surface area contributed by atoms with Crippen LogP contribution in [-0.4, -0.2) is 35.7 Å². The summed E-state index contributed by atoms with van der Waals surface area (Å²) in [7, 11) is 1.42. The lowest BCUT2D eigenvalue weighted by Gasteiger charge is -2.33. The minimum atomic E-state index is -1.07. The maximum Gasteiger partial charge on any atom is 0.334 e. The van der Waals surface area contributed by atoms with Gasteiger partial charge in [0.15, 0.2) is 5.78 Å². The SMILES string of the molecule is C=CC[C@@H](CCC)[C@H](O)[C@@H](C)C(=O)C(C)(C)/C(=C/C(=O)OC(C)(C)C)OC. The highest BCUT2D eigenvalue weighted by Gasteiger charge is 2.40. The first kappa shape index (κ1) is 25.4. The van der Waals surface area contributed by atoms with Gasteiger partial charge in [-0.2, -0.15) is 0 Å². The molecule has 0 aromatic carbocycles. The number of ketones is 1. The van der Waals surface area contributed by atoms with Gasteiger partial charge in [0.25, 0.3) is 0 Å². The molecular formula is C22H38O5. The molecule has 0 spiro atoms. The normalized spacial score (nSPS) is 16.3. The molecule has 0 aliphatic carbocycles. The molecule has 0 bridgehead atoms. The summed E-state index contributed by atoms with van der Waals surface area (Å²) in [4.78, 5) is 25.3. The zero-order chi connectivity index (χ0) is 21.4. The van der Waals surface area contributed by atoms with E-state index in [9.17, 15) is 14.7 Å². The predicted molar refractivity (Wildman–Crippen MR) is 108 cm³/mol. The van der Waals surface area contributed by atoms with E-state index in [2.05, 4.69) is 6.58 Å². The number of ether oxygens (including phenoxy) is 2. The van der Waals surface area contributed by atoms with Crippen LogP contribution in [0.15, 0.2) is 24.5 Å². The number of carbonyl (C=O) groups is 2. The van der Waals surface area contributed by atoms with E-state index in [-0.39, 0.29) is 17.5 Å². The van der Waals surface area contributed by atoms with Crippen LogP contribution in [0.3, 0.4) is 0 Å². The third kappa shape index (κ3) is 7.87. The number of hydrogen-bond donors (Lipinski definition) is 1. The molecule has 0 aliphatic heterocycles. The Hall–Kier alpha value is -1.62. The molecular weight excluding hydrogens is 344 g/mol. The second kappa shape index (κ2) is 10.6. The zero-order valence-corrected chi connectivity index (χ0v) is 18.3. The standard InChI is InChI=1S/C22H38O5/c1-10-12-16(13-11-2)19(24)15(3)20(25)22(7,8)17(26-9)14-18(23)27-21(4,5)6/h10,14-16,19,24H,1,11-13H2,2-9H3/b17-14-/t15-,16+,19-/m1/s1. The summed E-state index contributed by atoms with van der Waals surface area (Å²) < 4.78 is 10.6. The van der Waals surface area contributed by atoms with Crippen LogP contribution in [0.4, 0.5) is 0 Å². The number of esters is 1. The highest BCUT2D eigenvalue weighted by Crippen LogP contribution is 2.34. The Bertz CT molecular complexity index is 539. The van der Waals surface area contributed by atoms with Crippen molar-refractivity contribution in [1.29, 1.82) is 0 Å². The average molecular weight is 383 g/mol. The van der Waals surface area contributed by atoms with Crippen molar-refractivity contribution in [3.63, 3.8) is 0 Å². The topological polar surface area (TPSA) is 72.8 Å². The van der Waals surface area contributed by atoms with Gasteiger partial charge in [-0.1, -0.05) is 26.3 Å². The number of methoxy groups -OCH3 is 1. The van der Waals surface area contributed by atoms with E-state index in [4.69, 9.17) is 9.47 Å². The van der Waals surface area contributed by atoms with Gasteiger partial charge >= 0.3 is 5.97 Å². The third-order valence-electron chi connectivity index (χ3n) is 4.65. The highest BCUT2D eigenvalue weighted by atomic mass is 16.6. The molecule has 0 amide bonds. The van der Waals surface area contributed by atoms with Crippen LogP contribution < -0.4 is 0 Å². The summed E-state index contributed by atoms with van der Waals surface area (Å²) >= 11 is 0. The molecule has 5 nitrogen and oxygen atoms in total. The maximum atomic E-state index is 13.1. The number of aliphatic hydroxyl groups excluding tert-OH is 1. The summed E-state index contributed by atoms with van der Waals surface area (Å²) in [6.07, 6.45) is 4.59. The van der Waals surface area contributed by atoms with E-state index in [0.717, 1.165) is 12.8 Å². The van der Waals surface area contributed by atoms with E-state index in [1.165, 1.54) is 13.2 Å². The molecule has 0 aromatic heterocycles. The van der Waals surface area contributed by atoms with Crippen LogP contribution in [0, 0.1) is 17.3 Å². The molecule has 0 aromatic rings. The van der Waals surface area contributed by atoms with E-state index in [0.29, 0.717) is 6.42 Å². The first-order chi connectivity index (χ1) is 12.3. The second-order valence-corrected chi connectivity index (χ2v) is 8.59. The minimum Gasteiger partial charge on any atom is -0.500 e. The summed E-state index contributed by atoms with van der Waals surface area (Å²) in [5.74, 6) is -1.16. The first-order valence-electron chi connectivity index (χ1n) is 9.64. The highest BCUT2D eigenvalue weighted by molar-refractivity contribution is 5.91. The summed E-state index contributed by atoms with van der Waals surface area (Å²) in [6.45, 7) is 16.2. The van der Waals surface area contributed by atoms with E-state index in [1.807, 2.05) is 6.92 Å². The van der Waals surface area contributed by atoms with Gasteiger partial charge in [0.1, 0.15) is 11.4 Å². The molecule has 5 heteroatoms. The molecule has 1 N–H and O–H groups in total. The molecule has 0 heterocycles. The van der Waals surface area contributed by atoms with Gasteiger partial charge < -0.3 is 14.6 Å². The Morgan fingerprint density at radius 1 is 1.19 bits per heavy atom. The van der Waals surface area contributed by atoms with Crippen LogP contribution in [0.1, 0.15) is 67.7 Å². The number of aliphatic hydroxyl groups is 1. The van der Waals surface area contributed by atoms with Crippen molar-refractivity contribution in [2.75, 3.05) is 7.11 Å². The van der Waals surface area contributed by atoms with E-state index in [1.54, 1.807) is 47.6 Å². The monoisotopic (exact) mass is 382 g/mol. The Balaban J connectivity index is 5.52. The lowest BCUT2D eigenvalue weighted by atomic mass is 9.74. The number of hydrogen-bond acceptors (Lipinski definition) is 5. The van der Waals surface area contributed by atoms with Crippen LogP contribution >= 0.6 is 0 Å².